The number of hydrogen-bond acceptors (Lipinski definition) is 7. The van der Waals surface area contributed by atoms with E-state index in [2.05, 4.69) is 15.3 Å². The first-order valence-electron chi connectivity index (χ1n) is 7.33. The molecule has 0 radical (unpaired) electrons. The first-order valence-corrected chi connectivity index (χ1v) is 9.09. The minimum absolute atomic E-state index is 0.413. The lowest BCUT2D eigenvalue weighted by Gasteiger charge is -2.02. The van der Waals surface area contributed by atoms with Crippen LogP contribution in [0.2, 0.25) is 10.0 Å². The molecule has 2 aromatic carbocycles. The van der Waals surface area contributed by atoms with Gasteiger partial charge in [0.15, 0.2) is 11.5 Å². The van der Waals surface area contributed by atoms with Gasteiger partial charge in [0, 0.05) is 5.02 Å². The molecule has 0 amide bonds. The summed E-state index contributed by atoms with van der Waals surface area (Å²) in [6.07, 6.45) is 0. The molecule has 140 valence electrons. The lowest BCUT2D eigenvalue weighted by molar-refractivity contribution is 0.559. The van der Waals surface area contributed by atoms with Crippen LogP contribution in [0.3, 0.4) is 0 Å². The van der Waals surface area contributed by atoms with Gasteiger partial charge in [-0.2, -0.15) is 5.10 Å². The van der Waals surface area contributed by atoms with Crippen LogP contribution in [0.25, 0.3) is 5.69 Å². The monoisotopic (exact) mass is 425 g/mol. The van der Waals surface area contributed by atoms with E-state index in [0.717, 1.165) is 5.69 Å². The predicted molar refractivity (Wildman–Crippen MR) is 103 cm³/mol. The largest absolute Gasteiger partial charge is 0.425 e. The van der Waals surface area contributed by atoms with E-state index in [4.69, 9.17) is 41.6 Å². The number of hydrogen-bond donors (Lipinski definition) is 1. The summed E-state index contributed by atoms with van der Waals surface area (Å²) in [5, 5.41) is 13.7. The van der Waals surface area contributed by atoms with Crippen LogP contribution in [0, 0.1) is 6.92 Å². The minimum atomic E-state index is -3.11. The number of aromatic nitrogens is 2. The Labute approximate surface area is 166 Å². The average Bonchev–Trinajstić information content (AvgIpc) is 2.90. The van der Waals surface area contributed by atoms with Crippen LogP contribution in [0.4, 0.5) is 17.2 Å². The summed E-state index contributed by atoms with van der Waals surface area (Å²) in [6.45, 7) is 1.82. The molecule has 0 saturated heterocycles. The minimum Gasteiger partial charge on any atom is -0.382 e. The zero-order valence-electron chi connectivity index (χ0n) is 13.9. The van der Waals surface area contributed by atoms with Crippen molar-refractivity contribution in [2.24, 2.45) is 10.2 Å². The Kier molecular flexibility index (Phi) is 7.05. The van der Waals surface area contributed by atoms with E-state index in [1.807, 2.05) is 37.3 Å². The molecule has 0 saturated carbocycles. The molecule has 0 fully saturated rings. The van der Waals surface area contributed by atoms with Crippen LogP contribution in [-0.4, -0.2) is 22.4 Å². The molecule has 1 aromatic heterocycles. The van der Waals surface area contributed by atoms with Gasteiger partial charge in [-0.25, -0.2) is 4.68 Å². The van der Waals surface area contributed by atoms with Crippen molar-refractivity contribution in [1.29, 1.82) is 0 Å². The summed E-state index contributed by atoms with van der Waals surface area (Å²) >= 11 is 12.0. The fraction of sp³-hybridized carbons (Fsp3) is 0.0625. The second-order valence-electron chi connectivity index (χ2n) is 5.07. The second-order valence-corrected chi connectivity index (χ2v) is 6.32. The third-order valence-corrected chi connectivity index (χ3v) is 3.78. The maximum absolute atomic E-state index is 8.44. The average molecular weight is 426 g/mol. The van der Waals surface area contributed by atoms with E-state index in [0.29, 0.717) is 32.9 Å². The molecule has 3 rings (SSSR count). The Bertz CT molecular complexity index is 1080. The molecule has 27 heavy (non-hydrogen) atoms. The van der Waals surface area contributed by atoms with E-state index in [-0.39, 0.29) is 0 Å². The van der Waals surface area contributed by atoms with Crippen molar-refractivity contribution in [1.82, 2.24) is 9.78 Å². The van der Waals surface area contributed by atoms with E-state index in [1.54, 1.807) is 22.9 Å². The standard InChI is InChI=1S/C16H13Cl2N5.O3S/c1-10-15(21-20-14-9-11(17)7-8-13(14)18)16(19)23(22-10)12-5-3-2-4-6-12;1-4(2)3/h2-9H,19H2,1H3;. The van der Waals surface area contributed by atoms with Crippen LogP contribution in [0.5, 0.6) is 0 Å². The third kappa shape index (κ3) is 5.61. The van der Waals surface area contributed by atoms with Crippen molar-refractivity contribution in [3.63, 3.8) is 0 Å². The molecule has 0 aliphatic carbocycles. The van der Waals surface area contributed by atoms with Gasteiger partial charge >= 0.3 is 10.6 Å². The number of rotatable bonds is 3. The second kappa shape index (κ2) is 9.26. The van der Waals surface area contributed by atoms with Gasteiger partial charge in [0.2, 0.25) is 0 Å². The topological polar surface area (TPSA) is 120 Å². The molecule has 0 unspecified atom stereocenters. The first-order chi connectivity index (χ1) is 12.8. The molecule has 0 bridgehead atoms. The molecule has 1 heterocycles. The molecule has 0 aliphatic rings. The van der Waals surface area contributed by atoms with Crippen molar-refractivity contribution < 1.29 is 12.6 Å². The number of nitrogens with two attached hydrogens (primary N) is 1. The van der Waals surface area contributed by atoms with Gasteiger partial charge in [-0.15, -0.1) is 22.9 Å². The molecule has 11 heteroatoms. The number of azo groups is 1. The van der Waals surface area contributed by atoms with Crippen LogP contribution in [0.15, 0.2) is 58.8 Å². The Morgan fingerprint density at radius 3 is 2.30 bits per heavy atom. The summed E-state index contributed by atoms with van der Waals surface area (Å²) in [5.41, 5.74) is 8.67. The Balaban J connectivity index is 0.000000596. The van der Waals surface area contributed by atoms with Crippen molar-refractivity contribution in [2.45, 2.75) is 6.92 Å². The number of aryl methyl sites for hydroxylation is 1. The predicted octanol–water partition coefficient (Wildman–Crippen LogP) is 4.48. The van der Waals surface area contributed by atoms with Crippen LogP contribution >= 0.6 is 23.2 Å². The highest BCUT2D eigenvalue weighted by Gasteiger charge is 2.13. The molecule has 0 aliphatic heterocycles. The van der Waals surface area contributed by atoms with Gasteiger partial charge in [-0.05, 0) is 37.3 Å². The molecule has 2 N–H and O–H groups in total. The number of benzene rings is 2. The fourth-order valence-corrected chi connectivity index (χ4v) is 2.41. The summed E-state index contributed by atoms with van der Waals surface area (Å²) in [4.78, 5) is 0. The quantitative estimate of drug-likeness (QED) is 0.619. The Morgan fingerprint density at radius 1 is 1.04 bits per heavy atom. The maximum Gasteiger partial charge on any atom is 0.425 e. The molecular formula is C16H13Cl2N5O3S. The highest BCUT2D eigenvalue weighted by atomic mass is 35.5. The number of halogens is 2. The van der Waals surface area contributed by atoms with Crippen molar-refractivity contribution in [3.05, 3.63) is 64.3 Å². The van der Waals surface area contributed by atoms with Gasteiger partial charge < -0.3 is 5.73 Å². The highest BCUT2D eigenvalue weighted by molar-refractivity contribution is 7.59. The first kappa shape index (κ1) is 20.6. The lowest BCUT2D eigenvalue weighted by atomic mass is 10.3. The van der Waals surface area contributed by atoms with E-state index in [9.17, 15) is 0 Å². The highest BCUT2D eigenvalue weighted by Crippen LogP contribution is 2.33. The van der Waals surface area contributed by atoms with E-state index >= 15 is 0 Å². The summed E-state index contributed by atoms with van der Waals surface area (Å²) in [7, 11) is -3.11. The van der Waals surface area contributed by atoms with E-state index in [1.165, 1.54) is 0 Å². The summed E-state index contributed by atoms with van der Waals surface area (Å²) in [6, 6.07) is 14.6. The lowest BCUT2D eigenvalue weighted by Crippen LogP contribution is -2.01. The molecule has 0 spiro atoms. The zero-order valence-corrected chi connectivity index (χ0v) is 16.2. The molecule has 8 nitrogen and oxygen atoms in total. The van der Waals surface area contributed by atoms with Crippen molar-refractivity contribution >= 4 is 51.0 Å². The SMILES string of the molecule is Cc1nn(-c2ccccc2)c(N)c1N=Nc1cc(Cl)ccc1Cl.O=S(=O)=O. The van der Waals surface area contributed by atoms with Gasteiger partial charge in [0.05, 0.1) is 16.4 Å². The van der Waals surface area contributed by atoms with Gasteiger partial charge in [-0.3, -0.25) is 0 Å². The van der Waals surface area contributed by atoms with E-state index < -0.39 is 10.6 Å². The molecule has 3 aromatic rings. The number of nitrogen functional groups attached to an aromatic ring is 1. The summed E-state index contributed by atoms with van der Waals surface area (Å²) in [5.74, 6) is 0.413. The normalized spacial score (nSPS) is 10.5. The van der Waals surface area contributed by atoms with Crippen LogP contribution in [0.1, 0.15) is 5.69 Å². The van der Waals surface area contributed by atoms with Gasteiger partial charge in [0.25, 0.3) is 0 Å². The number of nitrogens with zero attached hydrogens (tertiary/aromatic N) is 4. The Hall–Kier alpha value is -2.75. The molecular weight excluding hydrogens is 413 g/mol. The zero-order chi connectivity index (χ0) is 20.0. The van der Waals surface area contributed by atoms with Crippen molar-refractivity contribution in [3.8, 4) is 5.69 Å². The van der Waals surface area contributed by atoms with Crippen LogP contribution in [-0.2, 0) is 10.6 Å². The number of para-hydroxylation sites is 1. The molecule has 0 atom stereocenters. The Morgan fingerprint density at radius 2 is 1.67 bits per heavy atom. The van der Waals surface area contributed by atoms with Gasteiger partial charge in [-0.1, -0.05) is 41.4 Å². The smallest absolute Gasteiger partial charge is 0.382 e. The third-order valence-electron chi connectivity index (χ3n) is 3.23. The van der Waals surface area contributed by atoms with Crippen LogP contribution < -0.4 is 5.73 Å². The fourth-order valence-electron chi connectivity index (χ4n) is 2.09. The van der Waals surface area contributed by atoms with Crippen molar-refractivity contribution in [2.75, 3.05) is 5.73 Å². The summed E-state index contributed by atoms with van der Waals surface area (Å²) < 4.78 is 27.0. The number of anilines is 1. The van der Waals surface area contributed by atoms with Gasteiger partial charge in [0.1, 0.15) is 5.69 Å². The maximum atomic E-state index is 8.44.